The molecule has 0 bridgehead atoms. The van der Waals surface area contributed by atoms with Gasteiger partial charge in [-0.25, -0.2) is 8.42 Å². The third kappa shape index (κ3) is 5.61. The van der Waals surface area contributed by atoms with Gasteiger partial charge >= 0.3 is 29.6 Å². The molecule has 0 unspecified atom stereocenters. The van der Waals surface area contributed by atoms with E-state index in [1.165, 1.54) is 12.1 Å². The molecular weight excluding hydrogens is 467 g/mol. The number of nitrogen functional groups attached to an aromatic ring is 1. The van der Waals surface area contributed by atoms with Crippen LogP contribution in [0.5, 0.6) is 5.75 Å². The van der Waals surface area contributed by atoms with Crippen molar-refractivity contribution in [2.75, 3.05) is 11.1 Å². The first-order valence-corrected chi connectivity index (χ1v) is 11.0. The molecule has 0 aromatic heterocycles. The average Bonchev–Trinajstić information content (AvgIpc) is 2.79. The van der Waals surface area contributed by atoms with Crippen LogP contribution in [0.3, 0.4) is 0 Å². The number of nitrogens with zero attached hydrogens (tertiary/aromatic N) is 2. The second-order valence-corrected chi connectivity index (χ2v) is 8.44. The normalized spacial score (nSPS) is 11.3. The number of phenolic OH excluding ortho intramolecular Hbond substituents is 1. The number of carbonyl (C=O) groups excluding carboxylic acids is 1. The largest absolute Gasteiger partial charge is 1.00 e. The Kier molecular flexibility index (Phi) is 7.70. The third-order valence-corrected chi connectivity index (χ3v) is 5.60. The van der Waals surface area contributed by atoms with Crippen molar-refractivity contribution in [3.8, 4) is 5.75 Å². The molecule has 0 saturated heterocycles. The number of fused-ring (bicyclic) bond motifs is 1. The molecule has 0 fully saturated rings. The van der Waals surface area contributed by atoms with E-state index in [1.54, 1.807) is 48.5 Å². The van der Waals surface area contributed by atoms with Gasteiger partial charge in [-0.05, 0) is 60.0 Å². The fourth-order valence-corrected chi connectivity index (χ4v) is 3.71. The Morgan fingerprint density at radius 2 is 1.62 bits per heavy atom. The van der Waals surface area contributed by atoms with Gasteiger partial charge in [0.05, 0.1) is 21.7 Å². The fraction of sp³-hybridized carbons (Fsp3) is 0. The minimum absolute atomic E-state index is 0. The minimum atomic E-state index is -4.75. The van der Waals surface area contributed by atoms with Crippen LogP contribution in [0.1, 0.15) is 10.4 Å². The molecule has 0 aliphatic heterocycles. The fourth-order valence-electron chi connectivity index (χ4n) is 3.18. The van der Waals surface area contributed by atoms with Gasteiger partial charge < -0.3 is 20.7 Å². The van der Waals surface area contributed by atoms with Crippen molar-refractivity contribution < 1.29 is 52.4 Å². The van der Waals surface area contributed by atoms with E-state index in [9.17, 15) is 22.9 Å². The summed E-state index contributed by atoms with van der Waals surface area (Å²) in [7, 11) is -4.75. The topological polar surface area (TPSA) is 157 Å². The molecule has 0 radical (unpaired) electrons. The number of amides is 1. The van der Waals surface area contributed by atoms with Gasteiger partial charge in [-0.2, -0.15) is 5.11 Å². The van der Waals surface area contributed by atoms with Crippen molar-refractivity contribution in [1.29, 1.82) is 0 Å². The maximum Gasteiger partial charge on any atom is 1.00 e. The van der Waals surface area contributed by atoms with E-state index in [0.29, 0.717) is 16.9 Å². The number of carbonyl (C=O) groups is 1. The zero-order valence-corrected chi connectivity index (χ0v) is 20.8. The van der Waals surface area contributed by atoms with E-state index in [-0.39, 0.29) is 57.6 Å². The van der Waals surface area contributed by atoms with E-state index in [1.807, 2.05) is 6.07 Å². The molecule has 0 heterocycles. The molecule has 9 nitrogen and oxygen atoms in total. The van der Waals surface area contributed by atoms with Crippen LogP contribution in [0, 0.1) is 0 Å². The zero-order chi connectivity index (χ0) is 23.6. The van der Waals surface area contributed by atoms with Gasteiger partial charge in [0.25, 0.3) is 5.91 Å². The molecule has 0 aliphatic carbocycles. The SMILES string of the molecule is Nc1ccc2cc(S(=O)(=O)[O-])cc(O)c2c1N=Nc1ccc(NC(=O)c2ccccc2)cc1.[Na+]. The van der Waals surface area contributed by atoms with Crippen molar-refractivity contribution in [3.63, 3.8) is 0 Å². The van der Waals surface area contributed by atoms with Crippen molar-refractivity contribution in [1.82, 2.24) is 0 Å². The summed E-state index contributed by atoms with van der Waals surface area (Å²) in [6, 6.07) is 20.3. The van der Waals surface area contributed by atoms with Crippen LogP contribution in [-0.4, -0.2) is 24.0 Å². The number of rotatable bonds is 5. The molecule has 0 aliphatic rings. The molecule has 4 N–H and O–H groups in total. The van der Waals surface area contributed by atoms with Crippen LogP contribution in [-0.2, 0) is 10.1 Å². The number of benzene rings is 4. The molecule has 0 spiro atoms. The number of phenols is 1. The van der Waals surface area contributed by atoms with E-state index < -0.39 is 20.8 Å². The smallest absolute Gasteiger partial charge is 0.744 e. The average molecular weight is 484 g/mol. The number of nitrogens with two attached hydrogens (primary N) is 1. The van der Waals surface area contributed by atoms with Gasteiger partial charge in [0.1, 0.15) is 21.6 Å². The molecule has 0 saturated carbocycles. The van der Waals surface area contributed by atoms with Gasteiger partial charge in [-0.15, -0.1) is 5.11 Å². The number of nitrogens with one attached hydrogen (secondary N) is 1. The van der Waals surface area contributed by atoms with Crippen molar-refractivity contribution >= 4 is 49.5 Å². The molecule has 11 heteroatoms. The van der Waals surface area contributed by atoms with Gasteiger partial charge in [0, 0.05) is 11.3 Å². The molecular formula is C23H17N4NaO5S. The Bertz CT molecular complexity index is 1490. The van der Waals surface area contributed by atoms with Crippen molar-refractivity contribution in [2.24, 2.45) is 10.2 Å². The summed E-state index contributed by atoms with van der Waals surface area (Å²) in [5, 5.41) is 21.8. The van der Waals surface area contributed by atoms with Gasteiger partial charge in [0.15, 0.2) is 0 Å². The number of hydrogen-bond donors (Lipinski definition) is 3. The molecule has 34 heavy (non-hydrogen) atoms. The number of azo groups is 1. The van der Waals surface area contributed by atoms with Crippen LogP contribution < -0.4 is 40.6 Å². The van der Waals surface area contributed by atoms with E-state index in [4.69, 9.17) is 5.73 Å². The van der Waals surface area contributed by atoms with Gasteiger partial charge in [-0.1, -0.05) is 24.3 Å². The van der Waals surface area contributed by atoms with Crippen LogP contribution in [0.15, 0.2) is 94.0 Å². The predicted molar refractivity (Wildman–Crippen MR) is 123 cm³/mol. The summed E-state index contributed by atoms with van der Waals surface area (Å²) in [5.41, 5.74) is 7.85. The molecule has 4 rings (SSSR count). The maximum absolute atomic E-state index is 12.2. The van der Waals surface area contributed by atoms with Crippen LogP contribution in [0.2, 0.25) is 0 Å². The van der Waals surface area contributed by atoms with Crippen LogP contribution in [0.25, 0.3) is 10.8 Å². The Balaban J connectivity index is 0.00000324. The maximum atomic E-state index is 12.2. The van der Waals surface area contributed by atoms with Crippen LogP contribution in [0.4, 0.5) is 22.7 Å². The number of aromatic hydroxyl groups is 1. The van der Waals surface area contributed by atoms with E-state index in [2.05, 4.69) is 15.5 Å². The van der Waals surface area contributed by atoms with E-state index >= 15 is 0 Å². The molecule has 0 atom stereocenters. The van der Waals surface area contributed by atoms with Gasteiger partial charge in [-0.3, -0.25) is 4.79 Å². The number of hydrogen-bond acceptors (Lipinski definition) is 8. The Morgan fingerprint density at radius 3 is 2.26 bits per heavy atom. The Labute approximate surface area is 217 Å². The summed E-state index contributed by atoms with van der Waals surface area (Å²) in [6.45, 7) is 0. The summed E-state index contributed by atoms with van der Waals surface area (Å²) in [5.74, 6) is -0.703. The monoisotopic (exact) mass is 484 g/mol. The van der Waals surface area contributed by atoms with E-state index in [0.717, 1.165) is 12.1 Å². The predicted octanol–water partition coefficient (Wildman–Crippen LogP) is 1.70. The molecule has 4 aromatic carbocycles. The summed E-state index contributed by atoms with van der Waals surface area (Å²) in [6.07, 6.45) is 0. The molecule has 1 amide bonds. The number of anilines is 2. The van der Waals surface area contributed by atoms with Crippen molar-refractivity contribution in [3.05, 3.63) is 84.4 Å². The standard InChI is InChI=1S/C23H18N4O5S.Na/c24-19-11-6-15-12-18(33(30,31)32)13-20(28)21(15)22(19)27-26-17-9-7-16(8-10-17)25-23(29)14-4-2-1-3-5-14;/h1-13,28H,24H2,(H,25,29)(H,30,31,32);/q;+1/p-1. The Morgan fingerprint density at radius 1 is 0.941 bits per heavy atom. The first-order chi connectivity index (χ1) is 15.7. The summed E-state index contributed by atoms with van der Waals surface area (Å²) >= 11 is 0. The van der Waals surface area contributed by atoms with Crippen LogP contribution >= 0.6 is 0 Å². The van der Waals surface area contributed by atoms with Gasteiger partial charge in [0.2, 0.25) is 0 Å². The summed E-state index contributed by atoms with van der Waals surface area (Å²) in [4.78, 5) is 11.7. The minimum Gasteiger partial charge on any atom is -0.744 e. The second-order valence-electron chi connectivity index (χ2n) is 7.07. The molecule has 166 valence electrons. The third-order valence-electron chi connectivity index (χ3n) is 4.79. The van der Waals surface area contributed by atoms with Crippen molar-refractivity contribution in [2.45, 2.75) is 4.90 Å². The first kappa shape index (κ1) is 25.3. The zero-order valence-electron chi connectivity index (χ0n) is 18.0. The Hall–Kier alpha value is -3.28. The first-order valence-electron chi connectivity index (χ1n) is 9.62. The summed E-state index contributed by atoms with van der Waals surface area (Å²) < 4.78 is 33.9. The quantitative estimate of drug-likeness (QED) is 0.169. The molecule has 4 aromatic rings. The second kappa shape index (κ2) is 10.3.